The molecule has 0 amide bonds. The van der Waals surface area contributed by atoms with Crippen LogP contribution < -0.4 is 11.2 Å². The highest BCUT2D eigenvalue weighted by Crippen LogP contribution is 2.26. The van der Waals surface area contributed by atoms with Gasteiger partial charge >= 0.3 is 0 Å². The summed E-state index contributed by atoms with van der Waals surface area (Å²) in [6, 6.07) is 7.41. The number of ether oxygens (including phenoxy) is 1. The Bertz CT molecular complexity index is 1020. The number of hydrogen-bond donors (Lipinski definition) is 1. The SMILES string of the molecule is Cc1cc2c(=O)c3cc(C4=CCOCC4)ccc3oc2nc1N. The molecule has 2 N–H and O–H groups in total. The highest BCUT2D eigenvalue weighted by molar-refractivity contribution is 5.91. The van der Waals surface area contributed by atoms with E-state index in [1.807, 2.05) is 25.1 Å². The molecule has 0 fully saturated rings. The summed E-state index contributed by atoms with van der Waals surface area (Å²) >= 11 is 0. The maximum atomic E-state index is 12.8. The minimum Gasteiger partial charge on any atom is -0.437 e. The summed E-state index contributed by atoms with van der Waals surface area (Å²) in [5.41, 5.74) is 9.54. The quantitative estimate of drug-likeness (QED) is 0.699. The lowest BCUT2D eigenvalue weighted by Crippen LogP contribution is -2.07. The number of aryl methyl sites for hydroxylation is 1. The first-order valence-corrected chi connectivity index (χ1v) is 7.54. The van der Waals surface area contributed by atoms with Crippen LogP contribution in [0.25, 0.3) is 27.6 Å². The van der Waals surface area contributed by atoms with E-state index in [0.717, 1.165) is 17.5 Å². The van der Waals surface area contributed by atoms with Gasteiger partial charge in [0, 0.05) is 0 Å². The van der Waals surface area contributed by atoms with E-state index in [0.29, 0.717) is 35.4 Å². The Hall–Kier alpha value is -2.66. The third-order valence-corrected chi connectivity index (χ3v) is 4.23. The maximum Gasteiger partial charge on any atom is 0.232 e. The average molecular weight is 308 g/mol. The largest absolute Gasteiger partial charge is 0.437 e. The zero-order chi connectivity index (χ0) is 16.0. The van der Waals surface area contributed by atoms with E-state index in [2.05, 4.69) is 11.1 Å². The van der Waals surface area contributed by atoms with E-state index < -0.39 is 0 Å². The molecule has 116 valence electrons. The summed E-state index contributed by atoms with van der Waals surface area (Å²) in [5, 5.41) is 1.02. The van der Waals surface area contributed by atoms with Crippen LogP contribution in [0.1, 0.15) is 17.5 Å². The lowest BCUT2D eigenvalue weighted by molar-refractivity contribution is 0.161. The molecule has 3 aromatic rings. The fourth-order valence-corrected chi connectivity index (χ4v) is 2.89. The topological polar surface area (TPSA) is 78.3 Å². The predicted molar refractivity (Wildman–Crippen MR) is 90.3 cm³/mol. The summed E-state index contributed by atoms with van der Waals surface area (Å²) in [7, 11) is 0. The number of anilines is 1. The summed E-state index contributed by atoms with van der Waals surface area (Å²) in [4.78, 5) is 17.0. The van der Waals surface area contributed by atoms with E-state index in [-0.39, 0.29) is 11.1 Å². The number of benzene rings is 1. The molecular formula is C18H16N2O3. The van der Waals surface area contributed by atoms with E-state index in [4.69, 9.17) is 14.9 Å². The van der Waals surface area contributed by atoms with Crippen molar-refractivity contribution in [3.8, 4) is 0 Å². The number of nitrogens with two attached hydrogens (primary N) is 1. The standard InChI is InChI=1S/C18H16N2O3/c1-10-8-14-16(21)13-9-12(11-4-6-22-7-5-11)2-3-15(13)23-18(14)20-17(10)19/h2-4,8-9H,5-7H2,1H3,(H2,19,20). The van der Waals surface area contributed by atoms with Gasteiger partial charge in [-0.05, 0) is 48.2 Å². The minimum atomic E-state index is -0.0774. The molecule has 4 rings (SSSR count). The third-order valence-electron chi connectivity index (χ3n) is 4.23. The zero-order valence-electron chi connectivity index (χ0n) is 12.8. The lowest BCUT2D eigenvalue weighted by Gasteiger charge is -2.14. The van der Waals surface area contributed by atoms with Crippen LogP contribution in [0.15, 0.2) is 39.6 Å². The maximum absolute atomic E-state index is 12.8. The third kappa shape index (κ3) is 2.29. The van der Waals surface area contributed by atoms with Crippen LogP contribution in [0.5, 0.6) is 0 Å². The van der Waals surface area contributed by atoms with Crippen molar-refractivity contribution in [3.05, 3.63) is 51.7 Å². The molecule has 1 aliphatic heterocycles. The van der Waals surface area contributed by atoms with Gasteiger partial charge in [-0.3, -0.25) is 4.79 Å². The highest BCUT2D eigenvalue weighted by Gasteiger charge is 2.13. The number of rotatable bonds is 1. The van der Waals surface area contributed by atoms with Gasteiger partial charge in [0.1, 0.15) is 11.4 Å². The second-order valence-corrected chi connectivity index (χ2v) is 5.74. The molecule has 0 unspecified atom stereocenters. The van der Waals surface area contributed by atoms with Crippen molar-refractivity contribution in [2.75, 3.05) is 18.9 Å². The Balaban J connectivity index is 1.99. The van der Waals surface area contributed by atoms with Crippen LogP contribution >= 0.6 is 0 Å². The molecule has 2 aromatic heterocycles. The molecule has 0 spiro atoms. The molecule has 1 aromatic carbocycles. The number of aromatic nitrogens is 1. The Morgan fingerprint density at radius 2 is 2.09 bits per heavy atom. The monoisotopic (exact) mass is 308 g/mol. The molecule has 0 atom stereocenters. The molecule has 0 bridgehead atoms. The van der Waals surface area contributed by atoms with Crippen LogP contribution in [0.3, 0.4) is 0 Å². The minimum absolute atomic E-state index is 0.0774. The summed E-state index contributed by atoms with van der Waals surface area (Å²) < 4.78 is 11.1. The van der Waals surface area contributed by atoms with Crippen LogP contribution in [0.4, 0.5) is 5.82 Å². The fraction of sp³-hybridized carbons (Fsp3) is 0.222. The fourth-order valence-electron chi connectivity index (χ4n) is 2.89. The van der Waals surface area contributed by atoms with E-state index in [9.17, 15) is 4.79 Å². The first-order valence-electron chi connectivity index (χ1n) is 7.54. The van der Waals surface area contributed by atoms with Crippen molar-refractivity contribution in [2.24, 2.45) is 0 Å². The Morgan fingerprint density at radius 1 is 1.22 bits per heavy atom. The predicted octanol–water partition coefficient (Wildman–Crippen LogP) is 3.04. The van der Waals surface area contributed by atoms with Crippen molar-refractivity contribution < 1.29 is 9.15 Å². The summed E-state index contributed by atoms with van der Waals surface area (Å²) in [6.45, 7) is 3.15. The molecule has 0 radical (unpaired) electrons. The number of nitrogen functional groups attached to an aromatic ring is 1. The zero-order valence-corrected chi connectivity index (χ0v) is 12.8. The lowest BCUT2D eigenvalue weighted by atomic mass is 9.99. The van der Waals surface area contributed by atoms with Crippen LogP contribution in [0.2, 0.25) is 0 Å². The molecule has 0 aliphatic carbocycles. The second kappa shape index (κ2) is 5.21. The first-order chi connectivity index (χ1) is 11.1. The molecule has 0 saturated heterocycles. The highest BCUT2D eigenvalue weighted by atomic mass is 16.5. The molecule has 5 nitrogen and oxygen atoms in total. The van der Waals surface area contributed by atoms with Crippen molar-refractivity contribution in [3.63, 3.8) is 0 Å². The van der Waals surface area contributed by atoms with Gasteiger partial charge in [0.05, 0.1) is 24.0 Å². The van der Waals surface area contributed by atoms with Crippen molar-refractivity contribution in [2.45, 2.75) is 13.3 Å². The number of pyridine rings is 1. The molecule has 1 aliphatic rings. The van der Waals surface area contributed by atoms with Crippen molar-refractivity contribution in [1.82, 2.24) is 4.98 Å². The Kier molecular flexibility index (Phi) is 3.16. The Morgan fingerprint density at radius 3 is 2.87 bits per heavy atom. The number of fused-ring (bicyclic) bond motifs is 2. The normalized spacial score (nSPS) is 15.1. The van der Waals surface area contributed by atoms with Gasteiger partial charge in [0.25, 0.3) is 0 Å². The van der Waals surface area contributed by atoms with Crippen LogP contribution in [-0.4, -0.2) is 18.2 Å². The summed E-state index contributed by atoms with van der Waals surface area (Å²) in [5.74, 6) is 0.379. The van der Waals surface area contributed by atoms with Crippen molar-refractivity contribution >= 4 is 33.5 Å². The van der Waals surface area contributed by atoms with E-state index >= 15 is 0 Å². The molecule has 3 heterocycles. The van der Waals surface area contributed by atoms with Gasteiger partial charge in [-0.15, -0.1) is 0 Å². The molecular weight excluding hydrogens is 292 g/mol. The van der Waals surface area contributed by atoms with E-state index in [1.165, 1.54) is 5.57 Å². The summed E-state index contributed by atoms with van der Waals surface area (Å²) in [6.07, 6.45) is 2.90. The first kappa shape index (κ1) is 14.0. The number of nitrogens with zero attached hydrogens (tertiary/aromatic N) is 1. The average Bonchev–Trinajstić information content (AvgIpc) is 2.58. The van der Waals surface area contributed by atoms with Gasteiger partial charge in [-0.2, -0.15) is 4.98 Å². The molecule has 23 heavy (non-hydrogen) atoms. The molecule has 5 heteroatoms. The van der Waals surface area contributed by atoms with Crippen LogP contribution in [0, 0.1) is 6.92 Å². The number of hydrogen-bond acceptors (Lipinski definition) is 5. The van der Waals surface area contributed by atoms with Gasteiger partial charge in [0.2, 0.25) is 11.1 Å². The smallest absolute Gasteiger partial charge is 0.232 e. The van der Waals surface area contributed by atoms with Gasteiger partial charge < -0.3 is 14.9 Å². The second-order valence-electron chi connectivity index (χ2n) is 5.74. The van der Waals surface area contributed by atoms with Crippen LogP contribution in [-0.2, 0) is 4.74 Å². The Labute approximate surface area is 132 Å². The van der Waals surface area contributed by atoms with Gasteiger partial charge in [-0.25, -0.2) is 0 Å². The molecule has 0 saturated carbocycles. The van der Waals surface area contributed by atoms with Gasteiger partial charge in [0.15, 0.2) is 0 Å². The van der Waals surface area contributed by atoms with Crippen molar-refractivity contribution in [1.29, 1.82) is 0 Å². The van der Waals surface area contributed by atoms with E-state index in [1.54, 1.807) is 6.07 Å². The van der Waals surface area contributed by atoms with Gasteiger partial charge in [-0.1, -0.05) is 12.1 Å².